The fourth-order valence-electron chi connectivity index (χ4n) is 2.19. The smallest absolute Gasteiger partial charge is 0.269 e. The molecule has 1 heterocycles. The van der Waals surface area contributed by atoms with Gasteiger partial charge in [-0.2, -0.15) is 5.10 Å². The van der Waals surface area contributed by atoms with E-state index in [2.05, 4.69) is 45.4 Å². The van der Waals surface area contributed by atoms with Crippen LogP contribution in [0.1, 0.15) is 36.3 Å². The molecule has 2 rings (SSSR count). The molecule has 0 spiro atoms. The SMILES string of the molecule is Cc1[nH]nc(-c2cc(Br)ccc2OCCC(C)C)c1C(=O)NN. The van der Waals surface area contributed by atoms with E-state index in [1.165, 1.54) is 0 Å². The Hall–Kier alpha value is -1.86. The highest BCUT2D eigenvalue weighted by Crippen LogP contribution is 2.34. The summed E-state index contributed by atoms with van der Waals surface area (Å²) in [5.41, 5.74) is 4.49. The number of halogens is 1. The van der Waals surface area contributed by atoms with E-state index >= 15 is 0 Å². The Morgan fingerprint density at radius 3 is 2.87 bits per heavy atom. The number of aromatic amines is 1. The van der Waals surface area contributed by atoms with Crippen LogP contribution in [-0.4, -0.2) is 22.7 Å². The Balaban J connectivity index is 2.42. The van der Waals surface area contributed by atoms with Gasteiger partial charge in [0, 0.05) is 15.7 Å². The second kappa shape index (κ2) is 7.61. The van der Waals surface area contributed by atoms with E-state index in [9.17, 15) is 4.79 Å². The molecule has 1 aromatic heterocycles. The second-order valence-electron chi connectivity index (χ2n) is 5.72. The first-order valence-corrected chi connectivity index (χ1v) is 8.22. The largest absolute Gasteiger partial charge is 0.493 e. The van der Waals surface area contributed by atoms with E-state index in [0.717, 1.165) is 16.5 Å². The highest BCUT2D eigenvalue weighted by Gasteiger charge is 2.21. The van der Waals surface area contributed by atoms with Gasteiger partial charge < -0.3 is 4.74 Å². The molecule has 0 saturated carbocycles. The van der Waals surface area contributed by atoms with Gasteiger partial charge in [0.05, 0.1) is 12.2 Å². The summed E-state index contributed by atoms with van der Waals surface area (Å²) in [6.45, 7) is 6.67. The van der Waals surface area contributed by atoms with Gasteiger partial charge in [0.1, 0.15) is 11.4 Å². The van der Waals surface area contributed by atoms with Crippen molar-refractivity contribution in [3.63, 3.8) is 0 Å². The van der Waals surface area contributed by atoms with Crippen LogP contribution in [-0.2, 0) is 0 Å². The molecular weight excluding hydrogens is 360 g/mol. The molecule has 0 unspecified atom stereocenters. The lowest BCUT2D eigenvalue weighted by molar-refractivity contribution is 0.0954. The van der Waals surface area contributed by atoms with Crippen molar-refractivity contribution in [2.75, 3.05) is 6.61 Å². The molecule has 0 fully saturated rings. The Morgan fingerprint density at radius 2 is 2.22 bits per heavy atom. The molecule has 0 aliphatic rings. The van der Waals surface area contributed by atoms with Crippen LogP contribution in [0.2, 0.25) is 0 Å². The van der Waals surface area contributed by atoms with Crippen LogP contribution in [0.15, 0.2) is 22.7 Å². The van der Waals surface area contributed by atoms with Crippen molar-refractivity contribution in [2.24, 2.45) is 11.8 Å². The van der Waals surface area contributed by atoms with E-state index in [1.54, 1.807) is 6.92 Å². The Bertz CT molecular complexity index is 697. The minimum Gasteiger partial charge on any atom is -0.493 e. The summed E-state index contributed by atoms with van der Waals surface area (Å²) in [5.74, 6) is 6.13. The number of hydrazine groups is 1. The normalized spacial score (nSPS) is 10.9. The number of hydrogen-bond acceptors (Lipinski definition) is 4. The summed E-state index contributed by atoms with van der Waals surface area (Å²) in [4.78, 5) is 12.0. The zero-order valence-corrected chi connectivity index (χ0v) is 15.0. The molecule has 0 bridgehead atoms. The molecule has 0 radical (unpaired) electrons. The average molecular weight is 381 g/mol. The van der Waals surface area contributed by atoms with Gasteiger partial charge in [0.15, 0.2) is 0 Å². The number of nitrogens with one attached hydrogen (secondary N) is 2. The molecule has 1 amide bonds. The number of carbonyl (C=O) groups excluding carboxylic acids is 1. The number of nitrogens with two attached hydrogens (primary N) is 1. The summed E-state index contributed by atoms with van der Waals surface area (Å²) < 4.78 is 6.78. The van der Waals surface area contributed by atoms with Gasteiger partial charge in [-0.15, -0.1) is 0 Å². The van der Waals surface area contributed by atoms with Crippen LogP contribution in [0.4, 0.5) is 0 Å². The van der Waals surface area contributed by atoms with Crippen LogP contribution in [0.5, 0.6) is 5.75 Å². The predicted molar refractivity (Wildman–Crippen MR) is 93.1 cm³/mol. The van der Waals surface area contributed by atoms with Crippen molar-refractivity contribution in [3.05, 3.63) is 33.9 Å². The van der Waals surface area contributed by atoms with Crippen LogP contribution in [0, 0.1) is 12.8 Å². The molecule has 0 aliphatic carbocycles. The molecule has 1 aromatic carbocycles. The number of rotatable bonds is 6. The van der Waals surface area contributed by atoms with Crippen molar-refractivity contribution in [1.82, 2.24) is 15.6 Å². The van der Waals surface area contributed by atoms with Crippen molar-refractivity contribution in [2.45, 2.75) is 27.2 Å². The van der Waals surface area contributed by atoms with Gasteiger partial charge in [-0.25, -0.2) is 5.84 Å². The van der Waals surface area contributed by atoms with Crippen molar-refractivity contribution in [3.8, 4) is 17.0 Å². The maximum atomic E-state index is 12.0. The lowest BCUT2D eigenvalue weighted by Gasteiger charge is -2.13. The van der Waals surface area contributed by atoms with E-state index in [0.29, 0.717) is 35.2 Å². The van der Waals surface area contributed by atoms with E-state index in [-0.39, 0.29) is 5.91 Å². The number of nitrogens with zero attached hydrogens (tertiary/aromatic N) is 1. The van der Waals surface area contributed by atoms with Gasteiger partial charge >= 0.3 is 0 Å². The van der Waals surface area contributed by atoms with Crippen molar-refractivity contribution in [1.29, 1.82) is 0 Å². The second-order valence-corrected chi connectivity index (χ2v) is 6.63. The third-order valence-corrected chi connectivity index (χ3v) is 3.95. The van der Waals surface area contributed by atoms with Gasteiger partial charge in [-0.3, -0.25) is 15.3 Å². The van der Waals surface area contributed by atoms with Crippen LogP contribution in [0.25, 0.3) is 11.3 Å². The maximum absolute atomic E-state index is 12.0. The maximum Gasteiger partial charge on any atom is 0.269 e. The zero-order valence-electron chi connectivity index (χ0n) is 13.4. The number of carbonyl (C=O) groups is 1. The standard InChI is InChI=1S/C16H21BrN4O2/c1-9(2)6-7-23-13-5-4-11(17)8-12(13)15-14(16(22)19-18)10(3)20-21-15/h4-5,8-9H,6-7,18H2,1-3H3,(H,19,22)(H,20,21). The van der Waals surface area contributed by atoms with E-state index in [4.69, 9.17) is 10.6 Å². The summed E-state index contributed by atoms with van der Waals surface area (Å²) in [6, 6.07) is 5.65. The summed E-state index contributed by atoms with van der Waals surface area (Å²) >= 11 is 3.45. The first-order valence-electron chi connectivity index (χ1n) is 7.42. The number of ether oxygens (including phenoxy) is 1. The highest BCUT2D eigenvalue weighted by atomic mass is 79.9. The lowest BCUT2D eigenvalue weighted by atomic mass is 10.0. The minimum atomic E-state index is -0.389. The lowest BCUT2D eigenvalue weighted by Crippen LogP contribution is -2.30. The third kappa shape index (κ3) is 4.11. The molecule has 23 heavy (non-hydrogen) atoms. The van der Waals surface area contributed by atoms with Gasteiger partial charge in [-0.1, -0.05) is 29.8 Å². The van der Waals surface area contributed by atoms with E-state index in [1.807, 2.05) is 18.2 Å². The number of aromatic nitrogens is 2. The molecule has 0 saturated heterocycles. The predicted octanol–water partition coefficient (Wildman–Crippen LogP) is 3.18. The monoisotopic (exact) mass is 380 g/mol. The number of amides is 1. The quantitative estimate of drug-likeness (QED) is 0.407. The minimum absolute atomic E-state index is 0.389. The van der Waals surface area contributed by atoms with Crippen LogP contribution >= 0.6 is 15.9 Å². The Labute approximate surface area is 143 Å². The van der Waals surface area contributed by atoms with E-state index < -0.39 is 0 Å². The van der Waals surface area contributed by atoms with Crippen LogP contribution in [0.3, 0.4) is 0 Å². The average Bonchev–Trinajstić information content (AvgIpc) is 2.89. The Kier molecular flexibility index (Phi) is 5.79. The van der Waals surface area contributed by atoms with Crippen molar-refractivity contribution >= 4 is 21.8 Å². The highest BCUT2D eigenvalue weighted by molar-refractivity contribution is 9.10. The summed E-state index contributed by atoms with van der Waals surface area (Å²) in [7, 11) is 0. The number of H-pyrrole nitrogens is 1. The third-order valence-electron chi connectivity index (χ3n) is 3.45. The molecule has 7 heteroatoms. The van der Waals surface area contributed by atoms with Gasteiger partial charge in [-0.05, 0) is 37.5 Å². The molecule has 4 N–H and O–H groups in total. The first-order chi connectivity index (χ1) is 10.9. The molecular formula is C16H21BrN4O2. The fourth-order valence-corrected chi connectivity index (χ4v) is 2.55. The molecule has 6 nitrogen and oxygen atoms in total. The number of hydrogen-bond donors (Lipinski definition) is 3. The zero-order chi connectivity index (χ0) is 17.0. The van der Waals surface area contributed by atoms with Crippen molar-refractivity contribution < 1.29 is 9.53 Å². The summed E-state index contributed by atoms with van der Waals surface area (Å²) in [6.07, 6.45) is 0.950. The first kappa shape index (κ1) is 17.5. The fraction of sp³-hybridized carbons (Fsp3) is 0.375. The summed E-state index contributed by atoms with van der Waals surface area (Å²) in [5, 5.41) is 7.09. The molecule has 124 valence electrons. The molecule has 0 atom stereocenters. The Morgan fingerprint density at radius 1 is 1.48 bits per heavy atom. The van der Waals surface area contributed by atoms with Crippen LogP contribution < -0.4 is 16.0 Å². The topological polar surface area (TPSA) is 93.0 Å². The van der Waals surface area contributed by atoms with Gasteiger partial charge in [0.25, 0.3) is 5.91 Å². The van der Waals surface area contributed by atoms with Gasteiger partial charge in [0.2, 0.25) is 0 Å². The number of nitrogen functional groups attached to an aromatic ring is 1. The number of aryl methyl sites for hydroxylation is 1. The number of benzene rings is 1. The molecule has 2 aromatic rings. The molecule has 0 aliphatic heterocycles.